The summed E-state index contributed by atoms with van der Waals surface area (Å²) in [5.41, 5.74) is 4.88. The molecular weight excluding hydrogens is 266 g/mol. The third kappa shape index (κ3) is 5.92. The van der Waals surface area contributed by atoms with Crippen LogP contribution in [0.3, 0.4) is 0 Å². The number of hydrogen-bond acceptors (Lipinski definition) is 7. The maximum Gasteiger partial charge on any atom is 0.313 e. The fraction of sp³-hybridized carbons (Fsp3) is 0.429. The lowest BCUT2D eigenvalue weighted by Crippen LogP contribution is -2.33. The van der Waals surface area contributed by atoms with Crippen molar-refractivity contribution in [1.82, 2.24) is 15.5 Å². The van der Waals surface area contributed by atoms with Gasteiger partial charge in [-0.2, -0.15) is 0 Å². The van der Waals surface area contributed by atoms with E-state index in [1.807, 2.05) is 0 Å². The third-order valence-electron chi connectivity index (χ3n) is 1.43. The molecule has 94 valence electrons. The number of carbonyl (C=O) groups is 2. The van der Waals surface area contributed by atoms with E-state index in [-0.39, 0.29) is 5.75 Å². The smallest absolute Gasteiger partial charge is 0.313 e. The third-order valence-corrected chi connectivity index (χ3v) is 3.43. The zero-order chi connectivity index (χ0) is 12.7. The minimum absolute atomic E-state index is 0.0438. The average Bonchev–Trinajstić information content (AvgIpc) is 2.69. The standard InChI is InChI=1S/C7H11N5O3S2/c8-5(15)9-1-2-10-6-11-12-7(17-6)16-3-4(13)14/h1-3H2,(H,10,11)(H,13,14)(H3,8,9,15). The molecule has 0 aliphatic carbocycles. The fourth-order valence-corrected chi connectivity index (χ4v) is 2.32. The Balaban J connectivity index is 2.25. The predicted octanol–water partition coefficient (Wildman–Crippen LogP) is -0.205. The number of nitrogens with two attached hydrogens (primary N) is 1. The molecule has 0 aliphatic rings. The van der Waals surface area contributed by atoms with Crippen molar-refractivity contribution in [3.8, 4) is 0 Å². The minimum Gasteiger partial charge on any atom is -0.481 e. The van der Waals surface area contributed by atoms with Crippen molar-refractivity contribution in [1.29, 1.82) is 0 Å². The van der Waals surface area contributed by atoms with Crippen LogP contribution in [0.1, 0.15) is 0 Å². The molecule has 0 unspecified atom stereocenters. The topological polar surface area (TPSA) is 130 Å². The maximum absolute atomic E-state index is 10.4. The van der Waals surface area contributed by atoms with Crippen LogP contribution in [-0.4, -0.2) is 46.1 Å². The van der Waals surface area contributed by atoms with Crippen molar-refractivity contribution >= 4 is 40.2 Å². The van der Waals surface area contributed by atoms with Crippen LogP contribution in [0, 0.1) is 0 Å². The van der Waals surface area contributed by atoms with Gasteiger partial charge in [-0.05, 0) is 0 Å². The van der Waals surface area contributed by atoms with Crippen molar-refractivity contribution in [2.45, 2.75) is 4.34 Å². The normalized spacial score (nSPS) is 9.88. The molecular formula is C7H11N5O3S2. The van der Waals surface area contributed by atoms with Crippen LogP contribution in [0.15, 0.2) is 4.34 Å². The Morgan fingerprint density at radius 1 is 1.41 bits per heavy atom. The zero-order valence-electron chi connectivity index (χ0n) is 8.67. The first kappa shape index (κ1) is 13.5. The monoisotopic (exact) mass is 277 g/mol. The Morgan fingerprint density at radius 2 is 2.18 bits per heavy atom. The van der Waals surface area contributed by atoms with Gasteiger partial charge in [-0.25, -0.2) is 4.79 Å². The molecule has 2 amide bonds. The Bertz CT molecular complexity index is 397. The van der Waals surface area contributed by atoms with Crippen LogP contribution in [0.25, 0.3) is 0 Å². The quantitative estimate of drug-likeness (QED) is 0.401. The molecule has 0 fully saturated rings. The number of primary amides is 1. The van der Waals surface area contributed by atoms with Crippen LogP contribution in [0.5, 0.6) is 0 Å². The van der Waals surface area contributed by atoms with Gasteiger partial charge >= 0.3 is 12.0 Å². The molecule has 0 radical (unpaired) electrons. The number of nitrogens with zero attached hydrogens (tertiary/aromatic N) is 2. The Labute approximate surface area is 105 Å². The number of carboxylic acids is 1. The summed E-state index contributed by atoms with van der Waals surface area (Å²) in [6, 6.07) is -0.582. The zero-order valence-corrected chi connectivity index (χ0v) is 10.3. The van der Waals surface area contributed by atoms with Gasteiger partial charge in [-0.3, -0.25) is 4.79 Å². The lowest BCUT2D eigenvalue weighted by Gasteiger charge is -2.01. The fourth-order valence-electron chi connectivity index (χ4n) is 0.818. The molecule has 0 saturated carbocycles. The predicted molar refractivity (Wildman–Crippen MR) is 64.3 cm³/mol. The SMILES string of the molecule is NC(=O)NCCNc1nnc(SCC(=O)O)s1. The van der Waals surface area contributed by atoms with Crippen molar-refractivity contribution in [2.75, 3.05) is 24.2 Å². The first-order chi connectivity index (χ1) is 8.08. The maximum atomic E-state index is 10.4. The number of carboxylic acid groups (broad SMARTS) is 1. The number of anilines is 1. The van der Waals surface area contributed by atoms with Crippen LogP contribution in [-0.2, 0) is 4.79 Å². The first-order valence-corrected chi connectivity index (χ1v) is 6.33. The second-order valence-electron chi connectivity index (χ2n) is 2.77. The summed E-state index contributed by atoms with van der Waals surface area (Å²) in [6.07, 6.45) is 0. The summed E-state index contributed by atoms with van der Waals surface area (Å²) in [6.45, 7) is 0.855. The second-order valence-corrected chi connectivity index (χ2v) is 4.97. The summed E-state index contributed by atoms with van der Waals surface area (Å²) in [4.78, 5) is 20.7. The van der Waals surface area contributed by atoms with Gasteiger partial charge < -0.3 is 21.5 Å². The number of hydrogen-bond donors (Lipinski definition) is 4. The van der Waals surface area contributed by atoms with E-state index in [0.717, 1.165) is 11.8 Å². The van der Waals surface area contributed by atoms with E-state index in [9.17, 15) is 9.59 Å². The molecule has 0 atom stereocenters. The summed E-state index contributed by atoms with van der Waals surface area (Å²) >= 11 is 2.37. The first-order valence-electron chi connectivity index (χ1n) is 4.53. The number of aromatic nitrogens is 2. The lowest BCUT2D eigenvalue weighted by atomic mass is 10.6. The number of urea groups is 1. The number of rotatable bonds is 7. The highest BCUT2D eigenvalue weighted by atomic mass is 32.2. The number of nitrogens with one attached hydrogen (secondary N) is 2. The minimum atomic E-state index is -0.898. The molecule has 1 heterocycles. The molecule has 0 bridgehead atoms. The summed E-state index contributed by atoms with van der Waals surface area (Å²) < 4.78 is 0.581. The van der Waals surface area contributed by atoms with Gasteiger partial charge in [0.25, 0.3) is 0 Å². The molecule has 1 aromatic rings. The van der Waals surface area contributed by atoms with Crippen molar-refractivity contribution in [3.63, 3.8) is 0 Å². The molecule has 0 saturated heterocycles. The summed E-state index contributed by atoms with van der Waals surface area (Å²) in [7, 11) is 0. The number of amides is 2. The molecule has 5 N–H and O–H groups in total. The molecule has 8 nitrogen and oxygen atoms in total. The van der Waals surface area contributed by atoms with E-state index in [4.69, 9.17) is 10.8 Å². The van der Waals surface area contributed by atoms with Crippen LogP contribution in [0.2, 0.25) is 0 Å². The molecule has 10 heteroatoms. The number of carbonyl (C=O) groups excluding carboxylic acids is 1. The Morgan fingerprint density at radius 3 is 2.82 bits per heavy atom. The lowest BCUT2D eigenvalue weighted by molar-refractivity contribution is -0.133. The van der Waals surface area contributed by atoms with E-state index in [2.05, 4.69) is 20.8 Å². The molecule has 1 aromatic heterocycles. The van der Waals surface area contributed by atoms with Crippen LogP contribution < -0.4 is 16.4 Å². The van der Waals surface area contributed by atoms with E-state index < -0.39 is 12.0 Å². The number of thioether (sulfide) groups is 1. The van der Waals surface area contributed by atoms with E-state index in [1.54, 1.807) is 0 Å². The Kier molecular flexibility index (Phi) is 5.49. The van der Waals surface area contributed by atoms with Crippen molar-refractivity contribution < 1.29 is 14.7 Å². The molecule has 0 aromatic carbocycles. The average molecular weight is 277 g/mol. The highest BCUT2D eigenvalue weighted by Crippen LogP contribution is 2.24. The largest absolute Gasteiger partial charge is 0.481 e. The van der Waals surface area contributed by atoms with Crippen molar-refractivity contribution in [3.05, 3.63) is 0 Å². The molecule has 0 aliphatic heterocycles. The second kappa shape index (κ2) is 6.91. The molecule has 0 spiro atoms. The van der Waals surface area contributed by atoms with E-state index in [1.165, 1.54) is 11.3 Å². The van der Waals surface area contributed by atoms with Crippen molar-refractivity contribution in [2.24, 2.45) is 5.73 Å². The van der Waals surface area contributed by atoms with Gasteiger partial charge in [-0.1, -0.05) is 23.1 Å². The summed E-state index contributed by atoms with van der Waals surface area (Å²) in [5.74, 6) is -0.942. The van der Waals surface area contributed by atoms with E-state index >= 15 is 0 Å². The van der Waals surface area contributed by atoms with Gasteiger partial charge in [-0.15, -0.1) is 10.2 Å². The highest BCUT2D eigenvalue weighted by molar-refractivity contribution is 8.01. The highest BCUT2D eigenvalue weighted by Gasteiger charge is 2.06. The summed E-state index contributed by atoms with van der Waals surface area (Å²) in [5, 5.41) is 22.0. The van der Waals surface area contributed by atoms with E-state index in [0.29, 0.717) is 22.6 Å². The number of aliphatic carboxylic acids is 1. The van der Waals surface area contributed by atoms with Gasteiger partial charge in [0.1, 0.15) is 0 Å². The van der Waals surface area contributed by atoms with Gasteiger partial charge in [0, 0.05) is 13.1 Å². The van der Waals surface area contributed by atoms with Crippen LogP contribution >= 0.6 is 23.1 Å². The van der Waals surface area contributed by atoms with Gasteiger partial charge in [0.2, 0.25) is 5.13 Å². The molecule has 1 rings (SSSR count). The van der Waals surface area contributed by atoms with Gasteiger partial charge in [0.15, 0.2) is 4.34 Å². The Hall–Kier alpha value is -1.55. The van der Waals surface area contributed by atoms with Gasteiger partial charge in [0.05, 0.1) is 5.75 Å². The molecule has 17 heavy (non-hydrogen) atoms. The van der Waals surface area contributed by atoms with Crippen LogP contribution in [0.4, 0.5) is 9.93 Å².